The van der Waals surface area contributed by atoms with Crippen LogP contribution in [0.2, 0.25) is 10.0 Å². The third kappa shape index (κ3) is 2.74. The molecule has 104 valence electrons. The second-order valence-electron chi connectivity index (χ2n) is 4.00. The van der Waals surface area contributed by atoms with E-state index in [9.17, 15) is 4.79 Å². The van der Waals surface area contributed by atoms with Gasteiger partial charge in [-0.2, -0.15) is 0 Å². The van der Waals surface area contributed by atoms with Gasteiger partial charge in [-0.15, -0.1) is 0 Å². The Bertz CT molecular complexity index is 636. The third-order valence-corrected chi connectivity index (χ3v) is 3.55. The van der Waals surface area contributed by atoms with E-state index in [1.807, 2.05) is 0 Å². The van der Waals surface area contributed by atoms with Crippen LogP contribution < -0.4 is 9.47 Å². The number of rotatable bonds is 4. The molecular weight excluding hydrogens is 299 g/mol. The summed E-state index contributed by atoms with van der Waals surface area (Å²) < 4.78 is 10.2. The Hall–Kier alpha value is -1.71. The number of hydrogen-bond acceptors (Lipinski definition) is 3. The minimum Gasteiger partial charge on any atom is -0.497 e. The number of ketones is 1. The Morgan fingerprint density at radius 1 is 0.950 bits per heavy atom. The summed E-state index contributed by atoms with van der Waals surface area (Å²) in [6, 6.07) is 9.93. The Kier molecular flexibility index (Phi) is 4.53. The molecule has 20 heavy (non-hydrogen) atoms. The summed E-state index contributed by atoms with van der Waals surface area (Å²) in [5, 5.41) is 0.498. The van der Waals surface area contributed by atoms with Gasteiger partial charge in [0.05, 0.1) is 29.8 Å². The maximum Gasteiger partial charge on any atom is 0.196 e. The molecule has 5 heteroatoms. The van der Waals surface area contributed by atoms with E-state index >= 15 is 0 Å². The molecule has 2 aromatic rings. The van der Waals surface area contributed by atoms with Crippen LogP contribution in [0.15, 0.2) is 36.4 Å². The lowest BCUT2D eigenvalue weighted by Crippen LogP contribution is -2.04. The number of ether oxygens (including phenoxy) is 2. The summed E-state index contributed by atoms with van der Waals surface area (Å²) >= 11 is 12.2. The topological polar surface area (TPSA) is 35.5 Å². The molecule has 0 radical (unpaired) electrons. The van der Waals surface area contributed by atoms with Crippen LogP contribution in [0.25, 0.3) is 0 Å². The SMILES string of the molecule is COc1ccc(C(=O)c2c(Cl)ccc(OC)c2Cl)cc1. The van der Waals surface area contributed by atoms with Gasteiger partial charge in [0.1, 0.15) is 11.5 Å². The van der Waals surface area contributed by atoms with Gasteiger partial charge in [0.2, 0.25) is 0 Å². The first kappa shape index (κ1) is 14.7. The minimum absolute atomic E-state index is 0.209. The smallest absolute Gasteiger partial charge is 0.196 e. The van der Waals surface area contributed by atoms with Gasteiger partial charge in [-0.3, -0.25) is 4.79 Å². The quantitative estimate of drug-likeness (QED) is 0.792. The molecule has 0 bridgehead atoms. The number of carbonyl (C=O) groups excluding carboxylic acids is 1. The number of hydrogen-bond donors (Lipinski definition) is 0. The first-order valence-electron chi connectivity index (χ1n) is 5.79. The van der Waals surface area contributed by atoms with Crippen LogP contribution in [-0.2, 0) is 0 Å². The number of methoxy groups -OCH3 is 2. The molecule has 0 fully saturated rings. The lowest BCUT2D eigenvalue weighted by atomic mass is 10.0. The maximum atomic E-state index is 12.5. The van der Waals surface area contributed by atoms with Crippen LogP contribution in [0.3, 0.4) is 0 Å². The van der Waals surface area contributed by atoms with E-state index in [0.717, 1.165) is 0 Å². The van der Waals surface area contributed by atoms with Crippen LogP contribution >= 0.6 is 23.2 Å². The highest BCUT2D eigenvalue weighted by Crippen LogP contribution is 2.34. The fourth-order valence-corrected chi connectivity index (χ4v) is 2.41. The fourth-order valence-electron chi connectivity index (χ4n) is 1.79. The monoisotopic (exact) mass is 310 g/mol. The predicted molar refractivity (Wildman–Crippen MR) is 79.4 cm³/mol. The molecule has 0 unspecified atom stereocenters. The van der Waals surface area contributed by atoms with Crippen molar-refractivity contribution in [2.75, 3.05) is 14.2 Å². The summed E-state index contributed by atoms with van der Waals surface area (Å²) in [4.78, 5) is 12.5. The van der Waals surface area contributed by atoms with Crippen molar-refractivity contribution in [1.82, 2.24) is 0 Å². The molecule has 0 heterocycles. The minimum atomic E-state index is -0.262. The molecule has 0 saturated carbocycles. The van der Waals surface area contributed by atoms with Gasteiger partial charge in [0.15, 0.2) is 5.78 Å². The highest BCUT2D eigenvalue weighted by Gasteiger charge is 2.19. The second kappa shape index (κ2) is 6.16. The first-order chi connectivity index (χ1) is 9.58. The van der Waals surface area contributed by atoms with E-state index in [-0.39, 0.29) is 21.4 Å². The molecule has 0 spiro atoms. The normalized spacial score (nSPS) is 10.2. The van der Waals surface area contributed by atoms with E-state index in [1.54, 1.807) is 43.5 Å². The first-order valence-corrected chi connectivity index (χ1v) is 6.54. The summed E-state index contributed by atoms with van der Waals surface area (Å²) in [5.74, 6) is 0.818. The van der Waals surface area contributed by atoms with Crippen LogP contribution in [0.5, 0.6) is 11.5 Å². The molecule has 0 N–H and O–H groups in total. The average molecular weight is 311 g/mol. The highest BCUT2D eigenvalue weighted by atomic mass is 35.5. The standard InChI is InChI=1S/C15H12Cl2O3/c1-19-10-5-3-9(4-6-10)15(18)13-11(16)7-8-12(20-2)14(13)17/h3-8H,1-2H3. The molecular formula is C15H12Cl2O3. The summed E-state index contributed by atoms with van der Waals surface area (Å²) in [7, 11) is 3.05. The van der Waals surface area contributed by atoms with Crippen LogP contribution in [0.4, 0.5) is 0 Å². The average Bonchev–Trinajstić information content (AvgIpc) is 2.47. The number of halogens is 2. The Morgan fingerprint density at radius 2 is 1.60 bits per heavy atom. The van der Waals surface area contributed by atoms with Gasteiger partial charge in [-0.05, 0) is 36.4 Å². The molecule has 0 aromatic heterocycles. The van der Waals surface area contributed by atoms with Crippen molar-refractivity contribution in [2.24, 2.45) is 0 Å². The van der Waals surface area contributed by atoms with Crippen molar-refractivity contribution in [3.63, 3.8) is 0 Å². The van der Waals surface area contributed by atoms with Crippen LogP contribution in [-0.4, -0.2) is 20.0 Å². The largest absolute Gasteiger partial charge is 0.497 e. The van der Waals surface area contributed by atoms with Crippen molar-refractivity contribution < 1.29 is 14.3 Å². The van der Waals surface area contributed by atoms with Gasteiger partial charge in [0, 0.05) is 5.56 Å². The zero-order valence-corrected chi connectivity index (χ0v) is 12.5. The van der Waals surface area contributed by atoms with Crippen molar-refractivity contribution in [1.29, 1.82) is 0 Å². The van der Waals surface area contributed by atoms with E-state index in [1.165, 1.54) is 7.11 Å². The maximum absolute atomic E-state index is 12.5. The van der Waals surface area contributed by atoms with Crippen molar-refractivity contribution in [2.45, 2.75) is 0 Å². The lowest BCUT2D eigenvalue weighted by molar-refractivity contribution is 0.103. The molecule has 3 nitrogen and oxygen atoms in total. The molecule has 0 aliphatic carbocycles. The molecule has 0 atom stereocenters. The van der Waals surface area contributed by atoms with Crippen LogP contribution in [0, 0.1) is 0 Å². The third-order valence-electron chi connectivity index (χ3n) is 2.85. The van der Waals surface area contributed by atoms with E-state index in [0.29, 0.717) is 17.1 Å². The van der Waals surface area contributed by atoms with E-state index in [4.69, 9.17) is 32.7 Å². The zero-order chi connectivity index (χ0) is 14.7. The Morgan fingerprint density at radius 3 is 2.15 bits per heavy atom. The fraction of sp³-hybridized carbons (Fsp3) is 0.133. The van der Waals surface area contributed by atoms with Crippen molar-refractivity contribution >= 4 is 29.0 Å². The number of benzene rings is 2. The van der Waals surface area contributed by atoms with Gasteiger partial charge in [0.25, 0.3) is 0 Å². The summed E-state index contributed by atoms with van der Waals surface area (Å²) in [6.45, 7) is 0. The van der Waals surface area contributed by atoms with Gasteiger partial charge < -0.3 is 9.47 Å². The Labute approximate surface area is 127 Å². The molecule has 0 amide bonds. The lowest BCUT2D eigenvalue weighted by Gasteiger charge is -2.10. The molecule has 0 aliphatic heterocycles. The van der Waals surface area contributed by atoms with E-state index in [2.05, 4.69) is 0 Å². The molecule has 2 rings (SSSR count). The number of carbonyl (C=O) groups is 1. The predicted octanol–water partition coefficient (Wildman–Crippen LogP) is 4.24. The zero-order valence-electron chi connectivity index (χ0n) is 10.9. The van der Waals surface area contributed by atoms with Gasteiger partial charge in [-0.25, -0.2) is 0 Å². The van der Waals surface area contributed by atoms with Gasteiger partial charge in [-0.1, -0.05) is 23.2 Å². The molecule has 2 aromatic carbocycles. The second-order valence-corrected chi connectivity index (χ2v) is 4.78. The van der Waals surface area contributed by atoms with Crippen molar-refractivity contribution in [3.05, 3.63) is 57.6 Å². The van der Waals surface area contributed by atoms with Crippen molar-refractivity contribution in [3.8, 4) is 11.5 Å². The van der Waals surface area contributed by atoms with E-state index < -0.39 is 0 Å². The summed E-state index contributed by atoms with van der Waals surface area (Å²) in [6.07, 6.45) is 0. The highest BCUT2D eigenvalue weighted by molar-refractivity contribution is 6.41. The molecule has 0 aliphatic rings. The molecule has 0 saturated heterocycles. The van der Waals surface area contributed by atoms with Crippen LogP contribution in [0.1, 0.15) is 15.9 Å². The van der Waals surface area contributed by atoms with Gasteiger partial charge >= 0.3 is 0 Å². The summed E-state index contributed by atoms with van der Waals surface area (Å²) in [5.41, 5.74) is 0.709. The Balaban J connectivity index is 2.47.